The summed E-state index contributed by atoms with van der Waals surface area (Å²) in [7, 11) is 1.62. The Morgan fingerprint density at radius 3 is 2.86 bits per heavy atom. The number of fused-ring (bicyclic) bond motifs is 1. The second-order valence-corrected chi connectivity index (χ2v) is 8.37. The van der Waals surface area contributed by atoms with Gasteiger partial charge >= 0.3 is 0 Å². The molecule has 2 saturated heterocycles. The van der Waals surface area contributed by atoms with Crippen molar-refractivity contribution in [3.05, 3.63) is 53.2 Å². The first kappa shape index (κ1) is 18.2. The Hall–Kier alpha value is -2.89. The molecule has 29 heavy (non-hydrogen) atoms. The van der Waals surface area contributed by atoms with E-state index >= 15 is 0 Å². The highest BCUT2D eigenvalue weighted by Crippen LogP contribution is 2.42. The average Bonchev–Trinajstić information content (AvgIpc) is 3.43. The van der Waals surface area contributed by atoms with Crippen LogP contribution in [0.15, 0.2) is 36.4 Å². The minimum absolute atomic E-state index is 0.282. The summed E-state index contributed by atoms with van der Waals surface area (Å²) in [5.41, 5.74) is 4.52. The van der Waals surface area contributed by atoms with Crippen molar-refractivity contribution < 1.29 is 9.53 Å². The van der Waals surface area contributed by atoms with E-state index in [0.717, 1.165) is 38.0 Å². The number of anilines is 1. The number of aromatic nitrogens is 2. The first-order chi connectivity index (χ1) is 14.1. The van der Waals surface area contributed by atoms with Crippen molar-refractivity contribution in [2.45, 2.75) is 26.2 Å². The SMILES string of the molecule is COc1cc(C)nc(N2CCC3(CCN(CC4=CCc5ccccc54)C3=O)C2)n1. The molecule has 1 aliphatic carbocycles. The Morgan fingerprint density at radius 1 is 1.17 bits per heavy atom. The number of carbonyl (C=O) groups is 1. The Bertz CT molecular complexity index is 1000. The molecular weight excluding hydrogens is 364 g/mol. The number of allylic oxidation sites excluding steroid dienone is 1. The van der Waals surface area contributed by atoms with Crippen LogP contribution in [0.25, 0.3) is 5.57 Å². The summed E-state index contributed by atoms with van der Waals surface area (Å²) < 4.78 is 5.29. The molecule has 1 amide bonds. The molecular formula is C23H26N4O2. The molecule has 5 rings (SSSR count). The van der Waals surface area contributed by atoms with Crippen LogP contribution in [0.3, 0.4) is 0 Å². The highest BCUT2D eigenvalue weighted by Gasteiger charge is 2.51. The molecule has 150 valence electrons. The molecule has 1 atom stereocenters. The van der Waals surface area contributed by atoms with Crippen LogP contribution in [0.2, 0.25) is 0 Å². The van der Waals surface area contributed by atoms with Gasteiger partial charge in [0.2, 0.25) is 17.7 Å². The van der Waals surface area contributed by atoms with Gasteiger partial charge in [0, 0.05) is 37.9 Å². The lowest BCUT2D eigenvalue weighted by atomic mass is 9.85. The highest BCUT2D eigenvalue weighted by molar-refractivity contribution is 5.88. The van der Waals surface area contributed by atoms with E-state index in [4.69, 9.17) is 4.74 Å². The zero-order valence-corrected chi connectivity index (χ0v) is 17.0. The molecule has 3 heterocycles. The van der Waals surface area contributed by atoms with Crippen LogP contribution in [0.1, 0.15) is 29.7 Å². The number of hydrogen-bond donors (Lipinski definition) is 0. The number of rotatable bonds is 4. The van der Waals surface area contributed by atoms with E-state index in [9.17, 15) is 4.79 Å². The van der Waals surface area contributed by atoms with Gasteiger partial charge in [0.25, 0.3) is 0 Å². The van der Waals surface area contributed by atoms with Crippen LogP contribution in [0.5, 0.6) is 5.88 Å². The molecule has 6 heteroatoms. The van der Waals surface area contributed by atoms with Crippen molar-refractivity contribution in [3.63, 3.8) is 0 Å². The minimum Gasteiger partial charge on any atom is -0.481 e. The van der Waals surface area contributed by atoms with Crippen molar-refractivity contribution in [2.24, 2.45) is 5.41 Å². The van der Waals surface area contributed by atoms with E-state index < -0.39 is 0 Å². The number of hydrogen-bond acceptors (Lipinski definition) is 5. The van der Waals surface area contributed by atoms with E-state index in [2.05, 4.69) is 50.1 Å². The summed E-state index contributed by atoms with van der Waals surface area (Å²) in [6.07, 6.45) is 5.01. The van der Waals surface area contributed by atoms with Gasteiger partial charge in [-0.05, 0) is 42.9 Å². The number of likely N-dealkylation sites (tertiary alicyclic amines) is 1. The number of ether oxygens (including phenoxy) is 1. The van der Waals surface area contributed by atoms with E-state index in [1.54, 1.807) is 7.11 Å². The lowest BCUT2D eigenvalue weighted by molar-refractivity contribution is -0.134. The van der Waals surface area contributed by atoms with Gasteiger partial charge in [-0.15, -0.1) is 0 Å². The van der Waals surface area contributed by atoms with Crippen LogP contribution in [-0.2, 0) is 11.2 Å². The molecule has 0 N–H and O–H groups in total. The summed E-state index contributed by atoms with van der Waals surface area (Å²) in [4.78, 5) is 26.7. The summed E-state index contributed by atoms with van der Waals surface area (Å²) in [6.45, 7) is 4.97. The van der Waals surface area contributed by atoms with Crippen LogP contribution in [-0.4, -0.2) is 54.1 Å². The second kappa shape index (κ2) is 6.87. The zero-order valence-electron chi connectivity index (χ0n) is 17.0. The number of nitrogens with zero attached hydrogens (tertiary/aromatic N) is 4. The second-order valence-electron chi connectivity index (χ2n) is 8.37. The highest BCUT2D eigenvalue weighted by atomic mass is 16.5. The van der Waals surface area contributed by atoms with Crippen LogP contribution < -0.4 is 9.64 Å². The maximum absolute atomic E-state index is 13.4. The lowest BCUT2D eigenvalue weighted by Gasteiger charge is -2.24. The molecule has 6 nitrogen and oxygen atoms in total. The van der Waals surface area contributed by atoms with Gasteiger partial charge in [0.1, 0.15) is 0 Å². The number of carbonyl (C=O) groups excluding carboxylic acids is 1. The summed E-state index contributed by atoms with van der Waals surface area (Å²) in [6, 6.07) is 10.3. The zero-order chi connectivity index (χ0) is 20.0. The molecule has 1 unspecified atom stereocenters. The first-order valence-corrected chi connectivity index (χ1v) is 10.3. The lowest BCUT2D eigenvalue weighted by Crippen LogP contribution is -2.37. The Balaban J connectivity index is 1.31. The van der Waals surface area contributed by atoms with Crippen molar-refractivity contribution >= 4 is 17.4 Å². The minimum atomic E-state index is -0.307. The fraction of sp³-hybridized carbons (Fsp3) is 0.435. The van der Waals surface area contributed by atoms with Gasteiger partial charge in [-0.25, -0.2) is 4.98 Å². The van der Waals surface area contributed by atoms with Gasteiger partial charge < -0.3 is 14.5 Å². The molecule has 0 bridgehead atoms. The molecule has 0 radical (unpaired) electrons. The summed E-state index contributed by atoms with van der Waals surface area (Å²) in [5.74, 6) is 1.52. The molecule has 2 aliphatic heterocycles. The third-order valence-electron chi connectivity index (χ3n) is 6.56. The van der Waals surface area contributed by atoms with E-state index in [0.29, 0.717) is 24.9 Å². The van der Waals surface area contributed by atoms with Gasteiger partial charge in [-0.1, -0.05) is 30.3 Å². The van der Waals surface area contributed by atoms with Crippen LogP contribution in [0, 0.1) is 12.3 Å². The summed E-state index contributed by atoms with van der Waals surface area (Å²) in [5, 5.41) is 0. The normalized spacial score (nSPS) is 23.1. The Labute approximate surface area is 171 Å². The predicted octanol–water partition coefficient (Wildman–Crippen LogP) is 2.86. The van der Waals surface area contributed by atoms with Crippen molar-refractivity contribution in [1.29, 1.82) is 0 Å². The monoisotopic (exact) mass is 390 g/mol. The molecule has 2 fully saturated rings. The Morgan fingerprint density at radius 2 is 2.00 bits per heavy atom. The summed E-state index contributed by atoms with van der Waals surface area (Å²) >= 11 is 0. The predicted molar refractivity (Wildman–Crippen MR) is 112 cm³/mol. The Kier molecular flexibility index (Phi) is 4.30. The number of aryl methyl sites for hydroxylation is 1. The molecule has 3 aliphatic rings. The van der Waals surface area contributed by atoms with Gasteiger partial charge in [-0.3, -0.25) is 4.79 Å². The van der Waals surface area contributed by atoms with Crippen molar-refractivity contribution in [3.8, 4) is 5.88 Å². The quantitative estimate of drug-likeness (QED) is 0.804. The molecule has 1 spiro atoms. The van der Waals surface area contributed by atoms with Crippen molar-refractivity contribution in [1.82, 2.24) is 14.9 Å². The third-order valence-corrected chi connectivity index (χ3v) is 6.56. The fourth-order valence-electron chi connectivity index (χ4n) is 4.95. The number of amides is 1. The van der Waals surface area contributed by atoms with E-state index in [1.807, 2.05) is 13.0 Å². The van der Waals surface area contributed by atoms with Crippen LogP contribution in [0.4, 0.5) is 5.95 Å². The van der Waals surface area contributed by atoms with E-state index in [-0.39, 0.29) is 11.3 Å². The largest absolute Gasteiger partial charge is 0.481 e. The maximum Gasteiger partial charge on any atom is 0.231 e. The van der Waals surface area contributed by atoms with Crippen molar-refractivity contribution in [2.75, 3.05) is 38.2 Å². The smallest absolute Gasteiger partial charge is 0.231 e. The van der Waals surface area contributed by atoms with Crippen LogP contribution >= 0.6 is 0 Å². The van der Waals surface area contributed by atoms with Gasteiger partial charge in [-0.2, -0.15) is 4.98 Å². The standard InChI is InChI=1S/C23H26N4O2/c1-16-13-20(29-2)25-22(24-16)27-12-10-23(15-27)9-11-26(21(23)28)14-18-8-7-17-5-3-4-6-19(17)18/h3-6,8,13H,7,9-12,14-15H2,1-2H3. The molecule has 1 aromatic heterocycles. The molecule has 2 aromatic rings. The number of benzene rings is 1. The maximum atomic E-state index is 13.4. The first-order valence-electron chi connectivity index (χ1n) is 10.3. The molecule has 0 saturated carbocycles. The average molecular weight is 390 g/mol. The van der Waals surface area contributed by atoms with Gasteiger partial charge in [0.05, 0.1) is 12.5 Å². The fourth-order valence-corrected chi connectivity index (χ4v) is 4.95. The number of methoxy groups -OCH3 is 1. The van der Waals surface area contributed by atoms with E-state index in [1.165, 1.54) is 16.7 Å². The van der Waals surface area contributed by atoms with Gasteiger partial charge in [0.15, 0.2) is 0 Å². The third kappa shape index (κ3) is 3.07. The topological polar surface area (TPSA) is 58.6 Å². The molecule has 1 aromatic carbocycles.